The van der Waals surface area contributed by atoms with Crippen molar-refractivity contribution in [2.45, 2.75) is 25.8 Å². The highest BCUT2D eigenvalue weighted by atomic mass is 16.5. The average Bonchev–Trinajstić information content (AvgIpc) is 2.43. The first-order valence-corrected chi connectivity index (χ1v) is 6.40. The van der Waals surface area contributed by atoms with Crippen LogP contribution in [0.1, 0.15) is 24.8 Å². The fourth-order valence-corrected chi connectivity index (χ4v) is 2.71. The number of fused-ring (bicyclic) bond motifs is 2. The zero-order chi connectivity index (χ0) is 12.5. The molecular weight excluding hydrogens is 228 g/mol. The summed E-state index contributed by atoms with van der Waals surface area (Å²) in [7, 11) is 3.33. The summed E-state index contributed by atoms with van der Waals surface area (Å²) < 4.78 is 10.8. The fourth-order valence-electron chi connectivity index (χ4n) is 2.71. The fraction of sp³-hybridized carbons (Fsp3) is 0.500. The van der Waals surface area contributed by atoms with E-state index in [2.05, 4.69) is 11.0 Å². The topological polar surface area (TPSA) is 34.1 Å². The molecule has 96 valence electrons. The number of amidine groups is 1. The lowest BCUT2D eigenvalue weighted by molar-refractivity contribution is 0.343. The summed E-state index contributed by atoms with van der Waals surface area (Å²) in [6.45, 7) is 2.06. The standard InChI is InChI=1S/C14H18N2O2/c1-17-11-7-6-10-9-16-8-4-3-5-12(16)15-13(10)14(11)18-2/h6-7H,3-5,8-9H2,1-2H3. The molecule has 2 aliphatic rings. The molecule has 0 amide bonds. The van der Waals surface area contributed by atoms with Crippen molar-refractivity contribution in [3.63, 3.8) is 0 Å². The molecule has 2 heterocycles. The molecule has 1 aromatic rings. The van der Waals surface area contributed by atoms with Gasteiger partial charge < -0.3 is 14.4 Å². The third kappa shape index (κ3) is 1.72. The summed E-state index contributed by atoms with van der Waals surface area (Å²) in [5.41, 5.74) is 2.17. The first-order valence-electron chi connectivity index (χ1n) is 6.40. The molecule has 3 rings (SSSR count). The zero-order valence-electron chi connectivity index (χ0n) is 10.9. The number of hydrogen-bond donors (Lipinski definition) is 0. The van der Waals surface area contributed by atoms with Crippen LogP contribution in [0.4, 0.5) is 5.69 Å². The second-order valence-corrected chi connectivity index (χ2v) is 4.72. The third-order valence-electron chi connectivity index (χ3n) is 3.65. The van der Waals surface area contributed by atoms with Crippen molar-refractivity contribution in [3.05, 3.63) is 17.7 Å². The van der Waals surface area contributed by atoms with Gasteiger partial charge in [-0.3, -0.25) is 0 Å². The lowest BCUT2D eigenvalue weighted by atomic mass is 10.0. The van der Waals surface area contributed by atoms with Crippen LogP contribution in [-0.4, -0.2) is 31.5 Å². The minimum Gasteiger partial charge on any atom is -0.493 e. The molecule has 0 bridgehead atoms. The van der Waals surface area contributed by atoms with Crippen LogP contribution >= 0.6 is 0 Å². The number of aliphatic imine (C=N–C) groups is 1. The number of benzene rings is 1. The van der Waals surface area contributed by atoms with Crippen LogP contribution in [0.2, 0.25) is 0 Å². The molecule has 0 aromatic heterocycles. The van der Waals surface area contributed by atoms with Crippen molar-refractivity contribution in [2.75, 3.05) is 20.8 Å². The van der Waals surface area contributed by atoms with Crippen LogP contribution < -0.4 is 9.47 Å². The van der Waals surface area contributed by atoms with E-state index in [0.717, 1.165) is 36.7 Å². The van der Waals surface area contributed by atoms with Crippen LogP contribution in [0.3, 0.4) is 0 Å². The summed E-state index contributed by atoms with van der Waals surface area (Å²) in [4.78, 5) is 7.16. The van der Waals surface area contributed by atoms with Crippen molar-refractivity contribution in [2.24, 2.45) is 4.99 Å². The molecule has 4 heteroatoms. The van der Waals surface area contributed by atoms with E-state index in [-0.39, 0.29) is 0 Å². The van der Waals surface area contributed by atoms with Gasteiger partial charge in [0.15, 0.2) is 11.5 Å². The molecule has 18 heavy (non-hydrogen) atoms. The van der Waals surface area contributed by atoms with Gasteiger partial charge in [-0.25, -0.2) is 4.99 Å². The second-order valence-electron chi connectivity index (χ2n) is 4.72. The van der Waals surface area contributed by atoms with Crippen LogP contribution in [0.15, 0.2) is 17.1 Å². The lowest BCUT2D eigenvalue weighted by Crippen LogP contribution is -2.36. The maximum Gasteiger partial charge on any atom is 0.186 e. The summed E-state index contributed by atoms with van der Waals surface area (Å²) in [5.74, 6) is 2.71. The van der Waals surface area contributed by atoms with Crippen molar-refractivity contribution in [3.8, 4) is 11.5 Å². The van der Waals surface area contributed by atoms with E-state index >= 15 is 0 Å². The number of nitrogens with zero attached hydrogens (tertiary/aromatic N) is 2. The number of hydrogen-bond acceptors (Lipinski definition) is 4. The van der Waals surface area contributed by atoms with Gasteiger partial charge in [-0.05, 0) is 18.9 Å². The molecule has 0 radical (unpaired) electrons. The molecule has 1 fully saturated rings. The maximum absolute atomic E-state index is 5.46. The number of methoxy groups -OCH3 is 2. The smallest absolute Gasteiger partial charge is 0.186 e. The van der Waals surface area contributed by atoms with Gasteiger partial charge in [-0.2, -0.15) is 0 Å². The number of ether oxygens (including phenoxy) is 2. The van der Waals surface area contributed by atoms with Gasteiger partial charge in [0.25, 0.3) is 0 Å². The van der Waals surface area contributed by atoms with Crippen LogP contribution in [0.25, 0.3) is 0 Å². The lowest BCUT2D eigenvalue weighted by Gasteiger charge is -2.34. The minimum atomic E-state index is 0.754. The summed E-state index contributed by atoms with van der Waals surface area (Å²) >= 11 is 0. The van der Waals surface area contributed by atoms with E-state index in [1.807, 2.05) is 6.07 Å². The van der Waals surface area contributed by atoms with Gasteiger partial charge in [-0.1, -0.05) is 6.07 Å². The summed E-state index contributed by atoms with van der Waals surface area (Å²) in [5, 5.41) is 0. The Morgan fingerprint density at radius 2 is 2.06 bits per heavy atom. The number of piperidine rings is 1. The van der Waals surface area contributed by atoms with E-state index in [1.54, 1.807) is 14.2 Å². The zero-order valence-corrected chi connectivity index (χ0v) is 10.9. The van der Waals surface area contributed by atoms with Crippen LogP contribution in [-0.2, 0) is 6.54 Å². The van der Waals surface area contributed by atoms with Crippen molar-refractivity contribution in [1.82, 2.24) is 4.90 Å². The summed E-state index contributed by atoms with van der Waals surface area (Å²) in [6, 6.07) is 4.05. The molecule has 0 saturated carbocycles. The quantitative estimate of drug-likeness (QED) is 0.804. The molecule has 0 N–H and O–H groups in total. The van der Waals surface area contributed by atoms with Gasteiger partial charge in [0, 0.05) is 25.1 Å². The van der Waals surface area contributed by atoms with Crippen molar-refractivity contribution < 1.29 is 9.47 Å². The predicted molar refractivity (Wildman–Crippen MR) is 70.9 cm³/mol. The first-order chi connectivity index (χ1) is 8.83. The predicted octanol–water partition coefficient (Wildman–Crippen LogP) is 2.73. The second kappa shape index (κ2) is 4.52. The number of rotatable bonds is 2. The Balaban J connectivity index is 2.09. The molecule has 1 aromatic carbocycles. The molecule has 4 nitrogen and oxygen atoms in total. The highest BCUT2D eigenvalue weighted by Gasteiger charge is 2.25. The Bertz CT molecular complexity index is 497. The van der Waals surface area contributed by atoms with Gasteiger partial charge in [-0.15, -0.1) is 0 Å². The molecular formula is C14H18N2O2. The Morgan fingerprint density at radius 3 is 2.83 bits per heavy atom. The molecule has 0 spiro atoms. The van der Waals surface area contributed by atoms with Gasteiger partial charge >= 0.3 is 0 Å². The Morgan fingerprint density at radius 1 is 1.17 bits per heavy atom. The monoisotopic (exact) mass is 246 g/mol. The highest BCUT2D eigenvalue weighted by Crippen LogP contribution is 2.43. The largest absolute Gasteiger partial charge is 0.493 e. The van der Waals surface area contributed by atoms with Crippen LogP contribution in [0.5, 0.6) is 11.5 Å². The van der Waals surface area contributed by atoms with E-state index in [9.17, 15) is 0 Å². The van der Waals surface area contributed by atoms with Gasteiger partial charge in [0.05, 0.1) is 14.2 Å². The molecule has 1 saturated heterocycles. The Kier molecular flexibility index (Phi) is 2.86. The average molecular weight is 246 g/mol. The first kappa shape index (κ1) is 11.4. The third-order valence-corrected chi connectivity index (χ3v) is 3.65. The van der Waals surface area contributed by atoms with Gasteiger partial charge in [0.2, 0.25) is 0 Å². The Hall–Kier alpha value is -1.71. The van der Waals surface area contributed by atoms with Gasteiger partial charge in [0.1, 0.15) is 11.5 Å². The van der Waals surface area contributed by atoms with E-state index in [1.165, 1.54) is 24.2 Å². The normalized spacial score (nSPS) is 17.7. The highest BCUT2D eigenvalue weighted by molar-refractivity contribution is 5.89. The van der Waals surface area contributed by atoms with E-state index in [4.69, 9.17) is 14.5 Å². The van der Waals surface area contributed by atoms with Crippen LogP contribution in [0, 0.1) is 0 Å². The SMILES string of the molecule is COc1ccc2c(c1OC)N=C1CCCCN1C2. The van der Waals surface area contributed by atoms with E-state index < -0.39 is 0 Å². The molecule has 0 unspecified atom stereocenters. The Labute approximate surface area is 107 Å². The summed E-state index contributed by atoms with van der Waals surface area (Å²) in [6.07, 6.45) is 3.57. The molecule has 0 aliphatic carbocycles. The minimum absolute atomic E-state index is 0.754. The molecule has 2 aliphatic heterocycles. The maximum atomic E-state index is 5.46. The molecule has 0 atom stereocenters. The van der Waals surface area contributed by atoms with E-state index in [0.29, 0.717) is 0 Å². The van der Waals surface area contributed by atoms with Crippen molar-refractivity contribution >= 4 is 11.5 Å². The van der Waals surface area contributed by atoms with Crippen molar-refractivity contribution in [1.29, 1.82) is 0 Å².